The smallest absolute Gasteiger partial charge is 0.306 e. The predicted octanol–water partition coefficient (Wildman–Crippen LogP) is 24.7. The van der Waals surface area contributed by atoms with Crippen LogP contribution in [0.25, 0.3) is 0 Å². The fourth-order valence-electron chi connectivity index (χ4n) is 10.6. The summed E-state index contributed by atoms with van der Waals surface area (Å²) in [4.78, 5) is 38.4. The van der Waals surface area contributed by atoms with E-state index in [1.807, 2.05) is 0 Å². The number of esters is 3. The number of unbranched alkanes of at least 4 members (excludes halogenated alkanes) is 45. The summed E-state index contributed by atoms with van der Waals surface area (Å²) < 4.78 is 17.0. The van der Waals surface area contributed by atoms with Crippen molar-refractivity contribution in [1.29, 1.82) is 0 Å². The Balaban J connectivity index is 4.26. The second-order valence-corrected chi connectivity index (χ2v) is 24.1. The maximum absolute atomic E-state index is 12.9. The van der Waals surface area contributed by atoms with Crippen molar-refractivity contribution in [2.24, 2.45) is 0 Å². The van der Waals surface area contributed by atoms with Gasteiger partial charge < -0.3 is 14.2 Å². The molecular weight excluding hydrogens is 997 g/mol. The quantitative estimate of drug-likeness (QED) is 0.0261. The summed E-state index contributed by atoms with van der Waals surface area (Å²) in [6, 6.07) is 0. The highest BCUT2D eigenvalue weighted by Crippen LogP contribution is 2.18. The molecule has 0 saturated carbocycles. The Morgan fingerprint density at radius 2 is 0.444 bits per heavy atom. The number of ether oxygens (including phenoxy) is 3. The minimum atomic E-state index is -0.779. The molecule has 0 fully saturated rings. The Morgan fingerprint density at radius 3 is 0.704 bits per heavy atom. The number of allylic oxidation sites excluding steroid dienone is 10. The molecule has 81 heavy (non-hydrogen) atoms. The van der Waals surface area contributed by atoms with Gasteiger partial charge in [0.15, 0.2) is 6.10 Å². The first kappa shape index (κ1) is 78.1. The van der Waals surface area contributed by atoms with Gasteiger partial charge in [-0.25, -0.2) is 0 Å². The summed E-state index contributed by atoms with van der Waals surface area (Å²) in [6.45, 7) is 6.66. The van der Waals surface area contributed by atoms with Crippen molar-refractivity contribution in [3.05, 3.63) is 60.8 Å². The van der Waals surface area contributed by atoms with Crippen molar-refractivity contribution >= 4 is 17.9 Å². The molecule has 0 saturated heterocycles. The van der Waals surface area contributed by atoms with Gasteiger partial charge in [-0.2, -0.15) is 0 Å². The van der Waals surface area contributed by atoms with E-state index in [9.17, 15) is 14.4 Å². The normalized spacial score (nSPS) is 12.4. The van der Waals surface area contributed by atoms with Gasteiger partial charge in [0.2, 0.25) is 0 Å². The third kappa shape index (κ3) is 67.8. The Labute approximate surface area is 504 Å². The zero-order valence-electron chi connectivity index (χ0n) is 54.3. The molecule has 6 heteroatoms. The van der Waals surface area contributed by atoms with Crippen LogP contribution < -0.4 is 0 Å². The third-order valence-electron chi connectivity index (χ3n) is 16.0. The first-order valence-corrected chi connectivity index (χ1v) is 35.8. The van der Waals surface area contributed by atoms with Crippen molar-refractivity contribution in [2.75, 3.05) is 13.2 Å². The van der Waals surface area contributed by atoms with Gasteiger partial charge in [-0.15, -0.1) is 0 Å². The Hall–Kier alpha value is -2.89. The standard InChI is InChI=1S/C75H136O6/c1-4-7-10-13-16-19-22-25-28-31-33-34-35-36-37-38-39-40-41-42-43-45-47-50-53-56-59-62-65-68-74(77)80-71-72(70-79-73(76)67-64-61-58-55-52-49-46-30-27-24-21-18-15-12-9-6-3)81-75(78)69-66-63-60-57-54-51-48-44-32-29-26-23-20-17-14-11-8-5-2/h21-22,24-25,30-31,33,35-36,46,72H,4-20,23,26-29,32,34,37-45,47-71H2,1-3H3/b24-21-,25-22-,33-31-,36-35-,46-30-. The SMILES string of the molecule is CCCCCC/C=C\C/C=C\CCCCCCCC(=O)OCC(COC(=O)CCCCCCCCCCCCCCCC/C=C\C/C=C\C/C=C\CCCCCCC)OC(=O)CCCCCCCCCCCCCCCCCCCC. The number of rotatable bonds is 66. The van der Waals surface area contributed by atoms with Crippen molar-refractivity contribution in [3.63, 3.8) is 0 Å². The fourth-order valence-corrected chi connectivity index (χ4v) is 10.6. The van der Waals surface area contributed by atoms with Gasteiger partial charge in [0.25, 0.3) is 0 Å². The zero-order chi connectivity index (χ0) is 58.5. The van der Waals surface area contributed by atoms with Crippen LogP contribution in [-0.2, 0) is 28.6 Å². The van der Waals surface area contributed by atoms with Crippen LogP contribution in [0, 0.1) is 0 Å². The minimum Gasteiger partial charge on any atom is -0.462 e. The monoisotopic (exact) mass is 1130 g/mol. The molecule has 0 aromatic heterocycles. The van der Waals surface area contributed by atoms with Gasteiger partial charge >= 0.3 is 17.9 Å². The highest BCUT2D eigenvalue weighted by molar-refractivity contribution is 5.71. The maximum atomic E-state index is 12.9. The molecular formula is C75H136O6. The topological polar surface area (TPSA) is 78.9 Å². The van der Waals surface area contributed by atoms with E-state index in [1.165, 1.54) is 250 Å². The van der Waals surface area contributed by atoms with Gasteiger partial charge in [-0.05, 0) is 89.9 Å². The molecule has 0 aliphatic carbocycles. The van der Waals surface area contributed by atoms with Crippen LogP contribution in [0.3, 0.4) is 0 Å². The summed E-state index contributed by atoms with van der Waals surface area (Å²) in [6.07, 6.45) is 89.6. The van der Waals surface area contributed by atoms with E-state index in [0.29, 0.717) is 19.3 Å². The van der Waals surface area contributed by atoms with E-state index in [0.717, 1.165) is 89.9 Å². The van der Waals surface area contributed by atoms with Gasteiger partial charge in [-0.3, -0.25) is 14.4 Å². The lowest BCUT2D eigenvalue weighted by molar-refractivity contribution is -0.167. The summed E-state index contributed by atoms with van der Waals surface area (Å²) in [5.41, 5.74) is 0. The summed E-state index contributed by atoms with van der Waals surface area (Å²) in [5, 5.41) is 0. The van der Waals surface area contributed by atoms with Crippen molar-refractivity contribution in [1.82, 2.24) is 0 Å². The van der Waals surface area contributed by atoms with Gasteiger partial charge in [-0.1, -0.05) is 332 Å². The molecule has 1 atom stereocenters. The molecule has 0 N–H and O–H groups in total. The molecule has 0 bridgehead atoms. The van der Waals surface area contributed by atoms with Crippen LogP contribution in [0.15, 0.2) is 60.8 Å². The van der Waals surface area contributed by atoms with Crippen LogP contribution in [-0.4, -0.2) is 37.2 Å². The molecule has 0 rings (SSSR count). The van der Waals surface area contributed by atoms with Crippen LogP contribution in [0.5, 0.6) is 0 Å². The predicted molar refractivity (Wildman–Crippen MR) is 353 cm³/mol. The summed E-state index contributed by atoms with van der Waals surface area (Å²) >= 11 is 0. The average Bonchev–Trinajstić information content (AvgIpc) is 3.47. The molecule has 472 valence electrons. The number of carbonyl (C=O) groups excluding carboxylic acids is 3. The van der Waals surface area contributed by atoms with E-state index in [-0.39, 0.29) is 31.1 Å². The van der Waals surface area contributed by atoms with Crippen LogP contribution >= 0.6 is 0 Å². The average molecular weight is 1130 g/mol. The first-order chi connectivity index (χ1) is 40.0. The molecule has 0 spiro atoms. The second kappa shape index (κ2) is 69.6. The van der Waals surface area contributed by atoms with Gasteiger partial charge in [0.05, 0.1) is 0 Å². The molecule has 0 aromatic rings. The van der Waals surface area contributed by atoms with E-state index in [4.69, 9.17) is 14.2 Å². The third-order valence-corrected chi connectivity index (χ3v) is 16.0. The van der Waals surface area contributed by atoms with Crippen molar-refractivity contribution in [2.45, 2.75) is 386 Å². The maximum Gasteiger partial charge on any atom is 0.306 e. The highest BCUT2D eigenvalue weighted by atomic mass is 16.6. The molecule has 0 aromatic carbocycles. The van der Waals surface area contributed by atoms with Crippen LogP contribution in [0.1, 0.15) is 380 Å². The highest BCUT2D eigenvalue weighted by Gasteiger charge is 2.19. The molecule has 0 heterocycles. The Kier molecular flexibility index (Phi) is 67.1. The number of carbonyl (C=O) groups is 3. The van der Waals surface area contributed by atoms with E-state index in [2.05, 4.69) is 81.5 Å². The lowest BCUT2D eigenvalue weighted by atomic mass is 10.0. The minimum absolute atomic E-state index is 0.0747. The van der Waals surface area contributed by atoms with E-state index < -0.39 is 6.10 Å². The van der Waals surface area contributed by atoms with Crippen molar-refractivity contribution < 1.29 is 28.6 Å². The van der Waals surface area contributed by atoms with Crippen molar-refractivity contribution in [3.8, 4) is 0 Å². The fraction of sp³-hybridized carbons (Fsp3) is 0.827. The number of hydrogen-bond donors (Lipinski definition) is 0. The largest absolute Gasteiger partial charge is 0.462 e. The Morgan fingerprint density at radius 1 is 0.247 bits per heavy atom. The molecule has 6 nitrogen and oxygen atoms in total. The Bertz CT molecular complexity index is 1440. The second-order valence-electron chi connectivity index (χ2n) is 24.1. The molecule has 1 unspecified atom stereocenters. The number of hydrogen-bond acceptors (Lipinski definition) is 6. The molecule has 0 amide bonds. The van der Waals surface area contributed by atoms with E-state index in [1.54, 1.807) is 0 Å². The van der Waals surface area contributed by atoms with Gasteiger partial charge in [0, 0.05) is 19.3 Å². The lowest BCUT2D eigenvalue weighted by Gasteiger charge is -2.18. The van der Waals surface area contributed by atoms with Crippen LogP contribution in [0.2, 0.25) is 0 Å². The molecule has 0 aliphatic heterocycles. The molecule has 0 aliphatic rings. The summed E-state index contributed by atoms with van der Waals surface area (Å²) in [7, 11) is 0. The van der Waals surface area contributed by atoms with Gasteiger partial charge in [0.1, 0.15) is 13.2 Å². The summed E-state index contributed by atoms with van der Waals surface area (Å²) in [5.74, 6) is -0.864. The zero-order valence-corrected chi connectivity index (χ0v) is 54.3. The lowest BCUT2D eigenvalue weighted by Crippen LogP contribution is -2.30. The first-order valence-electron chi connectivity index (χ1n) is 35.8. The van der Waals surface area contributed by atoms with E-state index >= 15 is 0 Å². The molecule has 0 radical (unpaired) electrons. The van der Waals surface area contributed by atoms with Crippen LogP contribution in [0.4, 0.5) is 0 Å².